The first-order chi connectivity index (χ1) is 12.6. The molecule has 1 N–H and O–H groups in total. The normalized spacial score (nSPS) is 21.2. The minimum absolute atomic E-state index is 0.0143. The highest BCUT2D eigenvalue weighted by atomic mass is 19.1. The first-order valence-electron chi connectivity index (χ1n) is 9.22. The molecule has 0 radical (unpaired) electrons. The van der Waals surface area contributed by atoms with Crippen LogP contribution in [-0.4, -0.2) is 74.1 Å². The van der Waals surface area contributed by atoms with Gasteiger partial charge in [-0.3, -0.25) is 14.5 Å². The molecule has 0 aromatic heterocycles. The quantitative estimate of drug-likeness (QED) is 0.773. The third kappa shape index (κ3) is 5.25. The van der Waals surface area contributed by atoms with Crippen LogP contribution >= 0.6 is 0 Å². The van der Waals surface area contributed by atoms with E-state index in [2.05, 4.69) is 10.2 Å². The van der Waals surface area contributed by atoms with E-state index in [4.69, 9.17) is 4.74 Å². The van der Waals surface area contributed by atoms with Gasteiger partial charge in [0.05, 0.1) is 19.1 Å². The van der Waals surface area contributed by atoms with E-state index < -0.39 is 0 Å². The van der Waals surface area contributed by atoms with E-state index >= 15 is 0 Å². The fourth-order valence-corrected chi connectivity index (χ4v) is 3.39. The van der Waals surface area contributed by atoms with Gasteiger partial charge in [-0.25, -0.2) is 4.39 Å². The number of hydrogen-bond acceptors (Lipinski definition) is 4. The predicted molar refractivity (Wildman–Crippen MR) is 95.1 cm³/mol. The number of likely N-dealkylation sites (tertiary alicyclic amines) is 1. The Morgan fingerprint density at radius 1 is 1.19 bits per heavy atom. The molecule has 0 bridgehead atoms. The molecular weight excluding hydrogens is 337 g/mol. The van der Waals surface area contributed by atoms with Crippen LogP contribution in [-0.2, 0) is 20.7 Å². The molecule has 6 nitrogen and oxygen atoms in total. The summed E-state index contributed by atoms with van der Waals surface area (Å²) in [5.74, 6) is -0.573. The first-order valence-corrected chi connectivity index (χ1v) is 9.22. The Labute approximate surface area is 153 Å². The van der Waals surface area contributed by atoms with Crippen molar-refractivity contribution in [2.24, 2.45) is 5.92 Å². The van der Waals surface area contributed by atoms with E-state index in [0.717, 1.165) is 38.4 Å². The van der Waals surface area contributed by atoms with Gasteiger partial charge in [-0.2, -0.15) is 0 Å². The van der Waals surface area contributed by atoms with Gasteiger partial charge in [0, 0.05) is 45.7 Å². The molecule has 1 unspecified atom stereocenters. The summed E-state index contributed by atoms with van der Waals surface area (Å²) in [5, 5.41) is 2.95. The fourth-order valence-electron chi connectivity index (χ4n) is 3.39. The summed E-state index contributed by atoms with van der Waals surface area (Å²) in [6.07, 6.45) is 0.935. The molecular formula is C19H26FN3O3. The van der Waals surface area contributed by atoms with Crippen LogP contribution in [0.3, 0.4) is 0 Å². The molecule has 7 heteroatoms. The number of carbonyl (C=O) groups excluding carboxylic acids is 2. The van der Waals surface area contributed by atoms with Gasteiger partial charge in [-0.15, -0.1) is 0 Å². The topological polar surface area (TPSA) is 61.9 Å². The Hall–Kier alpha value is -1.99. The number of ether oxygens (including phenoxy) is 1. The average Bonchev–Trinajstić information content (AvgIpc) is 3.03. The Kier molecular flexibility index (Phi) is 6.57. The zero-order valence-electron chi connectivity index (χ0n) is 15.0. The lowest BCUT2D eigenvalue weighted by Gasteiger charge is -2.26. The minimum Gasteiger partial charge on any atom is -0.379 e. The van der Waals surface area contributed by atoms with Gasteiger partial charge in [-0.1, -0.05) is 12.1 Å². The number of rotatable bonds is 7. The van der Waals surface area contributed by atoms with Gasteiger partial charge in [0.25, 0.3) is 0 Å². The molecule has 2 aliphatic rings. The van der Waals surface area contributed by atoms with Crippen molar-refractivity contribution < 1.29 is 18.7 Å². The number of carbonyl (C=O) groups is 2. The number of morpholine rings is 1. The predicted octanol–water partition coefficient (Wildman–Crippen LogP) is 0.665. The molecule has 2 fully saturated rings. The molecule has 1 aromatic rings. The van der Waals surface area contributed by atoms with Gasteiger partial charge < -0.3 is 15.0 Å². The third-order valence-electron chi connectivity index (χ3n) is 5.00. The van der Waals surface area contributed by atoms with Crippen LogP contribution in [0.1, 0.15) is 12.0 Å². The van der Waals surface area contributed by atoms with Crippen LogP contribution in [0.15, 0.2) is 24.3 Å². The Balaban J connectivity index is 1.38. The summed E-state index contributed by atoms with van der Waals surface area (Å²) >= 11 is 0. The van der Waals surface area contributed by atoms with Crippen LogP contribution in [0.2, 0.25) is 0 Å². The molecule has 2 amide bonds. The lowest BCUT2D eigenvalue weighted by Crippen LogP contribution is -2.42. The molecule has 2 saturated heterocycles. The van der Waals surface area contributed by atoms with Crippen LogP contribution in [0.4, 0.5) is 4.39 Å². The van der Waals surface area contributed by atoms with E-state index in [9.17, 15) is 14.0 Å². The fraction of sp³-hybridized carbons (Fsp3) is 0.579. The Bertz CT molecular complexity index is 617. The molecule has 0 aliphatic carbocycles. The third-order valence-corrected chi connectivity index (χ3v) is 5.00. The lowest BCUT2D eigenvalue weighted by molar-refractivity contribution is -0.129. The molecule has 3 rings (SSSR count). The summed E-state index contributed by atoms with van der Waals surface area (Å²) in [4.78, 5) is 28.5. The minimum atomic E-state index is -0.277. The van der Waals surface area contributed by atoms with Crippen molar-refractivity contribution in [1.29, 1.82) is 0 Å². The van der Waals surface area contributed by atoms with Crippen LogP contribution < -0.4 is 5.32 Å². The van der Waals surface area contributed by atoms with Gasteiger partial charge >= 0.3 is 0 Å². The largest absolute Gasteiger partial charge is 0.379 e. The van der Waals surface area contributed by atoms with E-state index in [1.165, 1.54) is 12.1 Å². The maximum atomic E-state index is 12.9. The summed E-state index contributed by atoms with van der Waals surface area (Å²) in [7, 11) is 0. The second kappa shape index (κ2) is 9.09. The number of halogens is 1. The smallest absolute Gasteiger partial charge is 0.225 e. The number of hydrogen-bond donors (Lipinski definition) is 1. The van der Waals surface area contributed by atoms with E-state index in [0.29, 0.717) is 26.1 Å². The summed E-state index contributed by atoms with van der Waals surface area (Å²) in [6.45, 7) is 5.71. The first kappa shape index (κ1) is 18.8. The van der Waals surface area contributed by atoms with Crippen molar-refractivity contribution in [3.8, 4) is 0 Å². The summed E-state index contributed by atoms with van der Waals surface area (Å²) in [5.41, 5.74) is 0.984. The molecule has 0 saturated carbocycles. The lowest BCUT2D eigenvalue weighted by atomic mass is 10.1. The second-order valence-electron chi connectivity index (χ2n) is 6.86. The maximum Gasteiger partial charge on any atom is 0.225 e. The summed E-state index contributed by atoms with van der Waals surface area (Å²) < 4.78 is 18.2. The van der Waals surface area contributed by atoms with Crippen molar-refractivity contribution in [1.82, 2.24) is 15.1 Å². The monoisotopic (exact) mass is 363 g/mol. The summed E-state index contributed by atoms with van der Waals surface area (Å²) in [6, 6.07) is 6.30. The van der Waals surface area contributed by atoms with E-state index in [1.54, 1.807) is 17.0 Å². The van der Waals surface area contributed by atoms with Crippen molar-refractivity contribution in [2.45, 2.75) is 12.8 Å². The molecule has 0 spiro atoms. The van der Waals surface area contributed by atoms with Crippen molar-refractivity contribution in [3.05, 3.63) is 35.6 Å². The molecule has 1 aromatic carbocycles. The van der Waals surface area contributed by atoms with E-state index in [-0.39, 0.29) is 30.0 Å². The van der Waals surface area contributed by atoms with Crippen LogP contribution in [0.5, 0.6) is 0 Å². The highest BCUT2D eigenvalue weighted by Crippen LogP contribution is 2.18. The zero-order valence-corrected chi connectivity index (χ0v) is 15.0. The van der Waals surface area contributed by atoms with E-state index in [1.807, 2.05) is 0 Å². The molecule has 2 aliphatic heterocycles. The average molecular weight is 363 g/mol. The highest BCUT2D eigenvalue weighted by Gasteiger charge is 2.33. The zero-order chi connectivity index (χ0) is 18.4. The Morgan fingerprint density at radius 3 is 2.65 bits per heavy atom. The van der Waals surface area contributed by atoms with Gasteiger partial charge in [0.1, 0.15) is 5.82 Å². The number of nitrogens with one attached hydrogen (secondary N) is 1. The van der Waals surface area contributed by atoms with Crippen molar-refractivity contribution in [2.75, 3.05) is 52.5 Å². The number of amides is 2. The van der Waals surface area contributed by atoms with Crippen molar-refractivity contribution >= 4 is 11.8 Å². The Morgan fingerprint density at radius 2 is 1.92 bits per heavy atom. The SMILES string of the molecule is O=C(NCCN1CCOCC1)C1CC(=O)N(CCc2ccc(F)cc2)C1. The van der Waals surface area contributed by atoms with Gasteiger partial charge in [0.2, 0.25) is 11.8 Å². The molecule has 26 heavy (non-hydrogen) atoms. The van der Waals surface area contributed by atoms with Gasteiger partial charge in [-0.05, 0) is 24.1 Å². The van der Waals surface area contributed by atoms with Gasteiger partial charge in [0.15, 0.2) is 0 Å². The molecule has 142 valence electrons. The number of nitrogens with zero attached hydrogens (tertiary/aromatic N) is 2. The maximum absolute atomic E-state index is 12.9. The van der Waals surface area contributed by atoms with Crippen LogP contribution in [0.25, 0.3) is 0 Å². The van der Waals surface area contributed by atoms with Crippen LogP contribution in [0, 0.1) is 11.7 Å². The molecule has 1 atom stereocenters. The number of benzene rings is 1. The second-order valence-corrected chi connectivity index (χ2v) is 6.86. The van der Waals surface area contributed by atoms with Crippen molar-refractivity contribution in [3.63, 3.8) is 0 Å². The highest BCUT2D eigenvalue weighted by molar-refractivity contribution is 5.89. The molecule has 2 heterocycles. The standard InChI is InChI=1S/C19H26FN3O3/c20-17-3-1-15(2-4-17)5-7-23-14-16(13-18(23)24)19(25)21-6-8-22-9-11-26-12-10-22/h1-4,16H,5-14H2,(H,21,25).